The van der Waals surface area contributed by atoms with E-state index in [2.05, 4.69) is 41.8 Å². The van der Waals surface area contributed by atoms with Crippen LogP contribution in [0.3, 0.4) is 0 Å². The maximum absolute atomic E-state index is 13.5. The number of carbonyl (C=O) groups excluding carboxylic acids is 1. The van der Waals surface area contributed by atoms with Crippen molar-refractivity contribution in [3.05, 3.63) is 52.3 Å². The van der Waals surface area contributed by atoms with Crippen LogP contribution in [0.5, 0.6) is 0 Å². The summed E-state index contributed by atoms with van der Waals surface area (Å²) in [5.74, 6) is -0.0922. The zero-order chi connectivity index (χ0) is 26.0. The van der Waals surface area contributed by atoms with E-state index in [0.717, 1.165) is 43.3 Å². The Balaban J connectivity index is 1.54. The molecule has 5 N–H and O–H groups in total. The Morgan fingerprint density at radius 1 is 1.14 bits per heavy atom. The molecule has 36 heavy (non-hydrogen) atoms. The van der Waals surface area contributed by atoms with E-state index in [4.69, 9.17) is 5.73 Å². The second-order valence-corrected chi connectivity index (χ2v) is 9.18. The predicted molar refractivity (Wildman–Crippen MR) is 130 cm³/mol. The summed E-state index contributed by atoms with van der Waals surface area (Å²) in [6, 6.07) is 5.65. The second-order valence-electron chi connectivity index (χ2n) is 9.18. The normalized spacial score (nSPS) is 15.2. The summed E-state index contributed by atoms with van der Waals surface area (Å²) in [6.45, 7) is 7.57. The van der Waals surface area contributed by atoms with E-state index in [1.54, 1.807) is 13.0 Å². The summed E-state index contributed by atoms with van der Waals surface area (Å²) in [4.78, 5) is 21.3. The number of benzene rings is 1. The molecule has 1 fully saturated rings. The lowest BCUT2D eigenvalue weighted by molar-refractivity contribution is -0.137. The lowest BCUT2D eigenvalue weighted by Gasteiger charge is -2.32. The highest BCUT2D eigenvalue weighted by Crippen LogP contribution is 2.36. The molecule has 1 aliphatic rings. The standard InChI is InChI=1S/C24H29F3N8O/c1-13-9-19(14(2)8-17(13)16-4-6-35(7-5-16)12-20(28)36)30-23-29-11-18(24(25,26)27)22(32-23)31-21-10-15(3)33-34-21/h8-11,16H,4-7,12H2,1-3H3,(H2,28,36)(H3,29,30,31,32,33,34). The molecule has 0 saturated carbocycles. The van der Waals surface area contributed by atoms with Crippen molar-refractivity contribution < 1.29 is 18.0 Å². The maximum Gasteiger partial charge on any atom is 0.421 e. The first-order valence-electron chi connectivity index (χ1n) is 11.6. The molecule has 0 atom stereocenters. The molecule has 4 rings (SSSR count). The molecular formula is C24H29F3N8O. The summed E-state index contributed by atoms with van der Waals surface area (Å²) in [5, 5.41) is 12.3. The monoisotopic (exact) mass is 502 g/mol. The van der Waals surface area contributed by atoms with Crippen molar-refractivity contribution in [3.8, 4) is 0 Å². The minimum atomic E-state index is -4.63. The van der Waals surface area contributed by atoms with Crippen LogP contribution in [0.2, 0.25) is 0 Å². The number of nitrogens with zero attached hydrogens (tertiary/aromatic N) is 4. The summed E-state index contributed by atoms with van der Waals surface area (Å²) >= 11 is 0. The fraction of sp³-hybridized carbons (Fsp3) is 0.417. The van der Waals surface area contributed by atoms with Crippen molar-refractivity contribution >= 4 is 29.2 Å². The Hall–Kier alpha value is -3.67. The molecule has 12 heteroatoms. The van der Waals surface area contributed by atoms with Gasteiger partial charge in [-0.2, -0.15) is 23.3 Å². The van der Waals surface area contributed by atoms with E-state index < -0.39 is 11.7 Å². The third-order valence-corrected chi connectivity index (χ3v) is 6.31. The summed E-state index contributed by atoms with van der Waals surface area (Å²) in [7, 11) is 0. The van der Waals surface area contributed by atoms with Gasteiger partial charge in [-0.25, -0.2) is 4.98 Å². The number of aryl methyl sites for hydroxylation is 3. The van der Waals surface area contributed by atoms with Gasteiger partial charge in [-0.1, -0.05) is 6.07 Å². The first-order chi connectivity index (χ1) is 17.0. The van der Waals surface area contributed by atoms with Crippen LogP contribution in [-0.2, 0) is 11.0 Å². The van der Waals surface area contributed by atoms with Crippen molar-refractivity contribution in [3.63, 3.8) is 0 Å². The average molecular weight is 503 g/mol. The van der Waals surface area contributed by atoms with Gasteiger partial charge in [0.05, 0.1) is 6.54 Å². The van der Waals surface area contributed by atoms with Crippen molar-refractivity contribution in [1.29, 1.82) is 0 Å². The van der Waals surface area contributed by atoms with Crippen molar-refractivity contribution in [2.24, 2.45) is 5.73 Å². The highest BCUT2D eigenvalue weighted by Gasteiger charge is 2.35. The number of H-pyrrole nitrogens is 1. The molecule has 1 amide bonds. The van der Waals surface area contributed by atoms with Gasteiger partial charge < -0.3 is 16.4 Å². The maximum atomic E-state index is 13.5. The van der Waals surface area contributed by atoms with Gasteiger partial charge in [0, 0.05) is 23.6 Å². The number of hydrogen-bond acceptors (Lipinski definition) is 7. The largest absolute Gasteiger partial charge is 0.421 e. The lowest BCUT2D eigenvalue weighted by atomic mass is 9.85. The van der Waals surface area contributed by atoms with E-state index >= 15 is 0 Å². The molecule has 0 radical (unpaired) electrons. The molecule has 0 aliphatic carbocycles. The number of amides is 1. The van der Waals surface area contributed by atoms with Gasteiger partial charge in [0.2, 0.25) is 11.9 Å². The van der Waals surface area contributed by atoms with Crippen LogP contribution < -0.4 is 16.4 Å². The van der Waals surface area contributed by atoms with Gasteiger partial charge in [0.25, 0.3) is 0 Å². The van der Waals surface area contributed by atoms with Crippen LogP contribution >= 0.6 is 0 Å². The molecule has 192 valence electrons. The molecule has 0 bridgehead atoms. The number of alkyl halides is 3. The predicted octanol–water partition coefficient (Wildman–Crippen LogP) is 4.30. The van der Waals surface area contributed by atoms with E-state index in [9.17, 15) is 18.0 Å². The molecule has 9 nitrogen and oxygen atoms in total. The highest BCUT2D eigenvalue weighted by molar-refractivity contribution is 5.75. The molecule has 3 heterocycles. The van der Waals surface area contributed by atoms with Gasteiger partial charge >= 0.3 is 6.18 Å². The van der Waals surface area contributed by atoms with Crippen LogP contribution in [0.4, 0.5) is 36.4 Å². The van der Waals surface area contributed by atoms with Crippen LogP contribution in [-0.4, -0.2) is 50.6 Å². The van der Waals surface area contributed by atoms with Crippen LogP contribution in [0.25, 0.3) is 0 Å². The minimum absolute atomic E-state index is 0.0350. The van der Waals surface area contributed by atoms with Crippen molar-refractivity contribution in [1.82, 2.24) is 25.1 Å². The number of nitrogens with two attached hydrogens (primary N) is 1. The fourth-order valence-corrected chi connectivity index (χ4v) is 4.50. The molecule has 1 aliphatic heterocycles. The smallest absolute Gasteiger partial charge is 0.369 e. The Morgan fingerprint density at radius 3 is 2.47 bits per heavy atom. The van der Waals surface area contributed by atoms with E-state index in [1.807, 2.05) is 19.9 Å². The number of carbonyl (C=O) groups is 1. The van der Waals surface area contributed by atoms with Gasteiger partial charge in [0.1, 0.15) is 11.4 Å². The molecule has 0 spiro atoms. The highest BCUT2D eigenvalue weighted by atomic mass is 19.4. The molecule has 3 aromatic rings. The van der Waals surface area contributed by atoms with Gasteiger partial charge in [0.15, 0.2) is 5.82 Å². The number of hydrogen-bond donors (Lipinski definition) is 4. The van der Waals surface area contributed by atoms with Crippen molar-refractivity contribution in [2.75, 3.05) is 30.3 Å². The topological polar surface area (TPSA) is 125 Å². The number of likely N-dealkylation sites (tertiary alicyclic amines) is 1. The summed E-state index contributed by atoms with van der Waals surface area (Å²) < 4.78 is 40.6. The third kappa shape index (κ3) is 5.93. The van der Waals surface area contributed by atoms with Gasteiger partial charge in [-0.3, -0.25) is 14.8 Å². The Bertz CT molecular complexity index is 1250. The Kier molecular flexibility index (Phi) is 7.16. The molecule has 2 aromatic heterocycles. The molecule has 1 aromatic carbocycles. The number of halogens is 3. The second kappa shape index (κ2) is 10.1. The van der Waals surface area contributed by atoms with Crippen LogP contribution in [0.15, 0.2) is 24.4 Å². The summed E-state index contributed by atoms with van der Waals surface area (Å²) in [5.41, 5.74) is 8.95. The molecule has 1 saturated heterocycles. The number of piperidine rings is 1. The molecule has 0 unspecified atom stereocenters. The first-order valence-corrected chi connectivity index (χ1v) is 11.6. The number of aromatic amines is 1. The van der Waals surface area contributed by atoms with Crippen molar-refractivity contribution in [2.45, 2.75) is 45.7 Å². The number of nitrogens with one attached hydrogen (secondary N) is 3. The SMILES string of the molecule is Cc1cc(Nc2nc(Nc3cc(C)c(C4CCN(CC(N)=O)CC4)cc3C)ncc2C(F)(F)F)n[nH]1. The van der Waals surface area contributed by atoms with E-state index in [-0.39, 0.29) is 30.0 Å². The Labute approximate surface area is 206 Å². The lowest BCUT2D eigenvalue weighted by Crippen LogP contribution is -2.39. The Morgan fingerprint density at radius 2 is 1.86 bits per heavy atom. The number of rotatable bonds is 7. The number of primary amides is 1. The van der Waals surface area contributed by atoms with E-state index in [1.165, 1.54) is 5.56 Å². The number of aromatic nitrogens is 4. The average Bonchev–Trinajstić information content (AvgIpc) is 3.20. The minimum Gasteiger partial charge on any atom is -0.369 e. The third-order valence-electron chi connectivity index (χ3n) is 6.31. The number of anilines is 4. The van der Waals surface area contributed by atoms with Crippen LogP contribution in [0, 0.1) is 20.8 Å². The molecular weight excluding hydrogens is 473 g/mol. The van der Waals surface area contributed by atoms with Gasteiger partial charge in [-0.05, 0) is 75.4 Å². The van der Waals surface area contributed by atoms with E-state index in [0.29, 0.717) is 17.3 Å². The first kappa shape index (κ1) is 25.4. The quantitative estimate of drug-likeness (QED) is 0.380. The fourth-order valence-electron chi connectivity index (χ4n) is 4.50. The van der Waals surface area contributed by atoms with Crippen LogP contribution in [0.1, 0.15) is 46.7 Å². The van der Waals surface area contributed by atoms with Gasteiger partial charge in [-0.15, -0.1) is 0 Å². The zero-order valence-corrected chi connectivity index (χ0v) is 20.3. The zero-order valence-electron chi connectivity index (χ0n) is 20.3. The summed E-state index contributed by atoms with van der Waals surface area (Å²) in [6.07, 6.45) is -2.03.